The van der Waals surface area contributed by atoms with Gasteiger partial charge in [-0.1, -0.05) is 54.6 Å². The second kappa shape index (κ2) is 15.0. The summed E-state index contributed by atoms with van der Waals surface area (Å²) in [5.74, 6) is -1.16. The second-order valence-electron chi connectivity index (χ2n) is 13.9. The van der Waals surface area contributed by atoms with Gasteiger partial charge in [0.25, 0.3) is 11.8 Å². The van der Waals surface area contributed by atoms with E-state index in [2.05, 4.69) is 14.8 Å². The van der Waals surface area contributed by atoms with Crippen LogP contribution in [0, 0.1) is 5.92 Å². The van der Waals surface area contributed by atoms with Gasteiger partial charge in [0.1, 0.15) is 25.1 Å². The van der Waals surface area contributed by atoms with Crippen molar-refractivity contribution in [1.82, 2.24) is 19.1 Å². The Morgan fingerprint density at radius 1 is 0.804 bits per heavy atom. The van der Waals surface area contributed by atoms with E-state index in [0.29, 0.717) is 29.7 Å². The molecule has 1 N–H and O–H groups in total. The van der Waals surface area contributed by atoms with Crippen LogP contribution in [0.3, 0.4) is 0 Å². The van der Waals surface area contributed by atoms with Gasteiger partial charge in [-0.25, -0.2) is 8.42 Å². The molecule has 0 saturated carbocycles. The minimum atomic E-state index is -4.03. The number of anilines is 2. The van der Waals surface area contributed by atoms with Crippen molar-refractivity contribution < 1.29 is 27.2 Å². The van der Waals surface area contributed by atoms with E-state index in [4.69, 9.17) is 4.42 Å². The third kappa shape index (κ3) is 6.89. The molecule has 0 aromatic heterocycles. The highest BCUT2D eigenvalue weighted by Crippen LogP contribution is 2.44. The number of carbonyl (C=O) groups is 3. The van der Waals surface area contributed by atoms with Crippen molar-refractivity contribution >= 4 is 55.8 Å². The van der Waals surface area contributed by atoms with Gasteiger partial charge < -0.3 is 14.6 Å². The van der Waals surface area contributed by atoms with Crippen LogP contribution in [0.25, 0.3) is 33.4 Å². The zero-order chi connectivity index (χ0) is 39.0. The average molecular weight is 767 g/mol. The molecule has 282 valence electrons. The van der Waals surface area contributed by atoms with E-state index >= 15 is 0 Å². The molecule has 3 heterocycles. The molecule has 3 amide bonds. The maximum absolute atomic E-state index is 14.6. The van der Waals surface area contributed by atoms with Gasteiger partial charge in [0, 0.05) is 95.9 Å². The summed E-state index contributed by atoms with van der Waals surface area (Å²) in [7, 11) is -0.0476. The molecule has 12 heteroatoms. The van der Waals surface area contributed by atoms with Gasteiger partial charge in [-0.15, -0.1) is 0 Å². The number of hydrogen-bond donors (Lipinski definition) is 1. The monoisotopic (exact) mass is 766 g/mol. The van der Waals surface area contributed by atoms with E-state index in [9.17, 15) is 22.8 Å². The van der Waals surface area contributed by atoms with Crippen molar-refractivity contribution in [2.24, 2.45) is 5.92 Å². The van der Waals surface area contributed by atoms with Crippen LogP contribution < -0.4 is 20.1 Å². The molecule has 0 unspecified atom stereocenters. The normalized spacial score (nSPS) is 15.8. The molecule has 4 aliphatic rings. The first-order valence-corrected chi connectivity index (χ1v) is 19.9. The number of fused-ring (bicyclic) bond motifs is 2. The fraction of sp³-hybridized carbons (Fsp3) is 0.182. The minimum Gasteiger partial charge on any atom is -0.456 e. The lowest BCUT2D eigenvalue weighted by molar-refractivity contribution is -0.138. The van der Waals surface area contributed by atoms with Crippen molar-refractivity contribution in [1.29, 1.82) is 0 Å². The molecular weight excluding hydrogens is 727 g/mol. The Kier molecular flexibility index (Phi) is 9.83. The van der Waals surface area contributed by atoms with Crippen LogP contribution in [0.15, 0.2) is 143 Å². The topological polar surface area (TPSA) is 123 Å². The summed E-state index contributed by atoms with van der Waals surface area (Å²) in [6.07, 6.45) is 2.91. The van der Waals surface area contributed by atoms with Crippen LogP contribution >= 0.6 is 0 Å². The van der Waals surface area contributed by atoms with Crippen LogP contribution in [-0.4, -0.2) is 69.2 Å². The molecule has 3 aliphatic heterocycles. The predicted octanol–water partition coefficient (Wildman–Crippen LogP) is 6.11. The number of imide groups is 1. The third-order valence-electron chi connectivity index (χ3n) is 10.7. The van der Waals surface area contributed by atoms with Gasteiger partial charge in [0.2, 0.25) is 27.0 Å². The Bertz CT molecular complexity index is 2650. The number of nitrogens with one attached hydrogen (secondary N) is 1. The van der Waals surface area contributed by atoms with Gasteiger partial charge in [-0.2, -0.15) is 8.88 Å². The van der Waals surface area contributed by atoms with Gasteiger partial charge in [-0.05, 0) is 49.2 Å². The van der Waals surface area contributed by atoms with Crippen LogP contribution in [0.2, 0.25) is 0 Å². The Morgan fingerprint density at radius 3 is 2.18 bits per heavy atom. The fourth-order valence-corrected chi connectivity index (χ4v) is 9.13. The molecule has 4 aromatic carbocycles. The van der Waals surface area contributed by atoms with Crippen molar-refractivity contribution in [2.75, 3.05) is 38.8 Å². The maximum atomic E-state index is 14.6. The van der Waals surface area contributed by atoms with E-state index in [1.807, 2.05) is 123 Å². The number of rotatable bonds is 9. The van der Waals surface area contributed by atoms with Crippen LogP contribution in [0.1, 0.15) is 12.8 Å². The quantitative estimate of drug-likeness (QED) is 0.107. The summed E-state index contributed by atoms with van der Waals surface area (Å²) in [6.45, 7) is 0.0382. The lowest BCUT2D eigenvalue weighted by Crippen LogP contribution is -2.46. The van der Waals surface area contributed by atoms with E-state index in [0.717, 1.165) is 56.0 Å². The van der Waals surface area contributed by atoms with Crippen LogP contribution in [0.4, 0.5) is 17.1 Å². The lowest BCUT2D eigenvalue weighted by atomic mass is 9.93. The fourth-order valence-electron chi connectivity index (χ4n) is 7.46. The molecule has 4 aromatic rings. The van der Waals surface area contributed by atoms with E-state index in [1.54, 1.807) is 12.1 Å². The van der Waals surface area contributed by atoms with Crippen molar-refractivity contribution in [3.63, 3.8) is 0 Å². The molecule has 11 nitrogen and oxygen atoms in total. The van der Waals surface area contributed by atoms with E-state index in [1.165, 1.54) is 4.31 Å². The van der Waals surface area contributed by atoms with Gasteiger partial charge in [0.05, 0.1) is 11.0 Å². The van der Waals surface area contributed by atoms with Crippen LogP contribution in [0.5, 0.6) is 0 Å². The summed E-state index contributed by atoms with van der Waals surface area (Å²) in [4.78, 5) is 40.0. The molecule has 1 aliphatic carbocycles. The van der Waals surface area contributed by atoms with E-state index < -0.39 is 27.8 Å². The van der Waals surface area contributed by atoms with Crippen molar-refractivity contribution in [2.45, 2.75) is 17.7 Å². The highest BCUT2D eigenvalue weighted by molar-refractivity contribution is 7.89. The summed E-state index contributed by atoms with van der Waals surface area (Å²) in [5.41, 5.74) is 5.55. The Labute approximate surface area is 324 Å². The van der Waals surface area contributed by atoms with Gasteiger partial charge in [-0.3, -0.25) is 19.3 Å². The number of benzene rings is 5. The zero-order valence-electron chi connectivity index (χ0n) is 31.0. The largest absolute Gasteiger partial charge is 0.456 e. The SMILES string of the molecule is CN(c1ccccc1)c1ccc2c(-c3ccccc3S(=O)(=O)N3CCC(C(=O)NCN4C(=O)C=CC4=O)CC3)c3ccc(=[N+](C)c4ccccc4)cc-3oc2c1. The highest BCUT2D eigenvalue weighted by atomic mass is 32.2. The molecule has 0 radical (unpaired) electrons. The number of sulfonamides is 1. The molecule has 8 rings (SSSR count). The number of para-hydroxylation sites is 2. The number of piperidine rings is 1. The first-order chi connectivity index (χ1) is 27.1. The van der Waals surface area contributed by atoms with Crippen LogP contribution in [-0.2, 0) is 24.4 Å². The summed E-state index contributed by atoms with van der Waals surface area (Å²) < 4.78 is 39.4. The number of amides is 3. The standard InChI is InChI=1S/C44H39N5O6S/c1-46(31-11-5-3-6-12-31)33-17-19-35-38(27-33)55-39-28-34(47(2)32-13-7-4-8-14-32)18-20-36(39)43(35)37-15-9-10-16-40(37)56(53,54)48-25-23-30(24-26-48)44(52)45-29-49-41(50)21-22-42(49)51/h3-22,27-28,30H,23-26,29H2,1-2H3/p+1. The summed E-state index contributed by atoms with van der Waals surface area (Å²) in [6, 6.07) is 39.0. The highest BCUT2D eigenvalue weighted by Gasteiger charge is 2.35. The smallest absolute Gasteiger partial charge is 0.255 e. The van der Waals surface area contributed by atoms with Crippen molar-refractivity contribution in [3.8, 4) is 22.5 Å². The molecule has 0 bridgehead atoms. The predicted molar refractivity (Wildman–Crippen MR) is 216 cm³/mol. The number of hydrogen-bond acceptors (Lipinski definition) is 7. The molecule has 0 atom stereocenters. The molecule has 0 spiro atoms. The van der Waals surface area contributed by atoms with Gasteiger partial charge >= 0.3 is 0 Å². The van der Waals surface area contributed by atoms with E-state index in [-0.39, 0.29) is 30.6 Å². The molecule has 1 saturated heterocycles. The number of carbonyl (C=O) groups excluding carboxylic acids is 3. The minimum absolute atomic E-state index is 0.133. The Hall–Kier alpha value is -6.37. The van der Waals surface area contributed by atoms with Crippen molar-refractivity contribution in [3.05, 3.63) is 139 Å². The average Bonchev–Trinajstić information content (AvgIpc) is 3.57. The van der Waals surface area contributed by atoms with Gasteiger partial charge in [0.15, 0.2) is 0 Å². The summed E-state index contributed by atoms with van der Waals surface area (Å²) in [5, 5.41) is 4.33. The Balaban J connectivity index is 1.17. The molecular formula is C44H40N5O6S+. The third-order valence-corrected chi connectivity index (χ3v) is 12.6. The second-order valence-corrected chi connectivity index (χ2v) is 15.8. The molecule has 56 heavy (non-hydrogen) atoms. The maximum Gasteiger partial charge on any atom is 0.255 e. The Morgan fingerprint density at radius 2 is 1.46 bits per heavy atom. The lowest BCUT2D eigenvalue weighted by Gasteiger charge is -2.31. The zero-order valence-corrected chi connectivity index (χ0v) is 31.8. The first-order valence-electron chi connectivity index (χ1n) is 18.4. The first kappa shape index (κ1) is 36.6. The summed E-state index contributed by atoms with van der Waals surface area (Å²) >= 11 is 0. The molecule has 1 fully saturated rings. The number of nitrogens with zero attached hydrogens (tertiary/aromatic N) is 4.